The molecule has 0 atom stereocenters. The molecule has 80 valence electrons. The Morgan fingerprint density at radius 2 is 1.27 bits per heavy atom. The average molecular weight is 271 g/mol. The lowest BCUT2D eigenvalue weighted by Gasteiger charge is -2.01. The minimum Gasteiger partial charge on any atom is -0.258 e. The van der Waals surface area contributed by atoms with Crippen molar-refractivity contribution in [3.8, 4) is 0 Å². The van der Waals surface area contributed by atoms with Crippen molar-refractivity contribution >= 4 is 46.2 Å². The Balaban J connectivity index is 3.64. The molecule has 0 unspecified atom stereocenters. The zero-order valence-corrected chi connectivity index (χ0v) is 9.01. The lowest BCUT2D eigenvalue weighted by molar-refractivity contribution is -0.393. The van der Waals surface area contributed by atoms with E-state index in [4.69, 9.17) is 34.8 Å². The van der Waals surface area contributed by atoms with Crippen molar-refractivity contribution in [2.45, 2.75) is 0 Å². The second-order valence-corrected chi connectivity index (χ2v) is 3.56. The highest BCUT2D eigenvalue weighted by Gasteiger charge is 2.30. The van der Waals surface area contributed by atoms with Gasteiger partial charge < -0.3 is 0 Å². The maximum atomic E-state index is 10.5. The van der Waals surface area contributed by atoms with Crippen LogP contribution in [0.2, 0.25) is 15.1 Å². The Bertz CT molecular complexity index is 424. The van der Waals surface area contributed by atoms with Gasteiger partial charge in [0.25, 0.3) is 0 Å². The summed E-state index contributed by atoms with van der Waals surface area (Å²) in [5, 5.41) is 19.6. The molecule has 1 rings (SSSR count). The lowest BCUT2D eigenvalue weighted by atomic mass is 10.3. The Morgan fingerprint density at radius 1 is 0.933 bits per heavy atom. The minimum atomic E-state index is -0.909. The molecule has 0 bridgehead atoms. The zero-order chi connectivity index (χ0) is 11.7. The molecule has 0 aliphatic carbocycles. The molecule has 0 aromatic heterocycles. The van der Waals surface area contributed by atoms with Crippen LogP contribution < -0.4 is 0 Å². The van der Waals surface area contributed by atoms with Gasteiger partial charge in [0.2, 0.25) is 0 Å². The number of halogens is 3. The predicted molar refractivity (Wildman–Crippen MR) is 54.8 cm³/mol. The maximum Gasteiger partial charge on any atom is 0.313 e. The smallest absolute Gasteiger partial charge is 0.258 e. The number of nitro groups is 2. The highest BCUT2D eigenvalue weighted by molar-refractivity contribution is 6.43. The van der Waals surface area contributed by atoms with Gasteiger partial charge in [0.1, 0.15) is 10.0 Å². The summed E-state index contributed by atoms with van der Waals surface area (Å²) in [6.07, 6.45) is 0. The van der Waals surface area contributed by atoms with Crippen LogP contribution in [0.4, 0.5) is 11.4 Å². The standard InChI is InChI=1S/C6HCl3N2O4/c7-2-1-3(8)6(11(14)15)4(9)5(2)10(12)13/h1H. The predicted octanol–water partition coefficient (Wildman–Crippen LogP) is 3.46. The van der Waals surface area contributed by atoms with Crippen LogP contribution in [-0.4, -0.2) is 9.85 Å². The van der Waals surface area contributed by atoms with Gasteiger partial charge in [-0.3, -0.25) is 20.2 Å². The van der Waals surface area contributed by atoms with Gasteiger partial charge in [-0.15, -0.1) is 0 Å². The van der Waals surface area contributed by atoms with Gasteiger partial charge in [0.15, 0.2) is 5.02 Å². The van der Waals surface area contributed by atoms with Crippen molar-refractivity contribution in [1.82, 2.24) is 0 Å². The molecule has 0 spiro atoms. The number of nitro benzene ring substituents is 2. The first kappa shape index (κ1) is 12.0. The van der Waals surface area contributed by atoms with Gasteiger partial charge in [-0.25, -0.2) is 0 Å². The number of hydrogen-bond donors (Lipinski definition) is 0. The first-order valence-corrected chi connectivity index (χ1v) is 4.46. The van der Waals surface area contributed by atoms with Crippen LogP contribution in [0.1, 0.15) is 0 Å². The van der Waals surface area contributed by atoms with E-state index in [9.17, 15) is 20.2 Å². The van der Waals surface area contributed by atoms with Crippen LogP contribution in [0.15, 0.2) is 6.07 Å². The molecule has 0 heterocycles. The number of hydrogen-bond acceptors (Lipinski definition) is 4. The van der Waals surface area contributed by atoms with E-state index in [2.05, 4.69) is 0 Å². The van der Waals surface area contributed by atoms with Crippen LogP contribution in [0.3, 0.4) is 0 Å². The molecule has 0 saturated heterocycles. The SMILES string of the molecule is O=[N+]([O-])c1c(Cl)cc(Cl)c([N+](=O)[O-])c1Cl. The zero-order valence-electron chi connectivity index (χ0n) is 6.74. The fraction of sp³-hybridized carbons (Fsp3) is 0. The number of nitrogens with zero attached hydrogens (tertiary/aromatic N) is 2. The highest BCUT2D eigenvalue weighted by atomic mass is 35.5. The van der Waals surface area contributed by atoms with Gasteiger partial charge >= 0.3 is 11.4 Å². The average Bonchev–Trinajstić information content (AvgIpc) is 1.99. The van der Waals surface area contributed by atoms with E-state index in [1.807, 2.05) is 0 Å². The van der Waals surface area contributed by atoms with Crippen LogP contribution in [0.25, 0.3) is 0 Å². The fourth-order valence-corrected chi connectivity index (χ4v) is 1.94. The van der Waals surface area contributed by atoms with Gasteiger partial charge in [-0.1, -0.05) is 34.8 Å². The van der Waals surface area contributed by atoms with Crippen molar-refractivity contribution in [2.75, 3.05) is 0 Å². The molecule has 9 heteroatoms. The van der Waals surface area contributed by atoms with Crippen LogP contribution >= 0.6 is 34.8 Å². The van der Waals surface area contributed by atoms with Crippen molar-refractivity contribution in [3.05, 3.63) is 41.4 Å². The second kappa shape index (κ2) is 4.18. The van der Waals surface area contributed by atoms with Crippen LogP contribution in [-0.2, 0) is 0 Å². The molecular formula is C6HCl3N2O4. The van der Waals surface area contributed by atoms with Crippen molar-refractivity contribution in [2.24, 2.45) is 0 Å². The quantitative estimate of drug-likeness (QED) is 0.608. The highest BCUT2D eigenvalue weighted by Crippen LogP contribution is 2.43. The molecule has 6 nitrogen and oxygen atoms in total. The van der Waals surface area contributed by atoms with Crippen LogP contribution in [0.5, 0.6) is 0 Å². The summed E-state index contributed by atoms with van der Waals surface area (Å²) < 4.78 is 0. The number of benzene rings is 1. The van der Waals surface area contributed by atoms with E-state index < -0.39 is 26.2 Å². The summed E-state index contributed by atoms with van der Waals surface area (Å²) in [6.45, 7) is 0. The van der Waals surface area contributed by atoms with E-state index in [1.54, 1.807) is 0 Å². The third-order valence-corrected chi connectivity index (χ3v) is 2.42. The van der Waals surface area contributed by atoms with E-state index in [1.165, 1.54) is 0 Å². The normalized spacial score (nSPS) is 10.1. The monoisotopic (exact) mass is 270 g/mol. The molecule has 0 saturated carbocycles. The van der Waals surface area contributed by atoms with E-state index in [0.29, 0.717) is 0 Å². The second-order valence-electron chi connectivity index (χ2n) is 2.37. The molecule has 0 fully saturated rings. The molecule has 0 radical (unpaired) electrons. The third-order valence-electron chi connectivity index (χ3n) is 1.49. The summed E-state index contributed by atoms with van der Waals surface area (Å²) in [5.41, 5.74) is -1.45. The van der Waals surface area contributed by atoms with Gasteiger partial charge in [0.05, 0.1) is 9.85 Å². The Morgan fingerprint density at radius 3 is 1.53 bits per heavy atom. The molecule has 1 aromatic carbocycles. The van der Waals surface area contributed by atoms with E-state index in [-0.39, 0.29) is 10.0 Å². The summed E-state index contributed by atoms with van der Waals surface area (Å²) in [5.74, 6) is 0. The van der Waals surface area contributed by atoms with E-state index >= 15 is 0 Å². The minimum absolute atomic E-state index is 0.347. The summed E-state index contributed by atoms with van der Waals surface area (Å²) in [4.78, 5) is 19.2. The molecule has 15 heavy (non-hydrogen) atoms. The van der Waals surface area contributed by atoms with E-state index in [0.717, 1.165) is 6.07 Å². The summed E-state index contributed by atoms with van der Waals surface area (Å²) in [7, 11) is 0. The van der Waals surface area contributed by atoms with Gasteiger partial charge in [-0.05, 0) is 6.07 Å². The van der Waals surface area contributed by atoms with Crippen molar-refractivity contribution in [1.29, 1.82) is 0 Å². The third kappa shape index (κ3) is 2.11. The maximum absolute atomic E-state index is 10.5. The first-order valence-electron chi connectivity index (χ1n) is 3.32. The summed E-state index contributed by atoms with van der Waals surface area (Å²) >= 11 is 16.4. The Hall–Kier alpha value is -1.11. The lowest BCUT2D eigenvalue weighted by Crippen LogP contribution is -1.96. The number of rotatable bonds is 2. The fourth-order valence-electron chi connectivity index (χ4n) is 0.905. The molecular weight excluding hydrogens is 270 g/mol. The molecule has 0 N–H and O–H groups in total. The van der Waals surface area contributed by atoms with Gasteiger partial charge in [-0.2, -0.15) is 0 Å². The largest absolute Gasteiger partial charge is 0.313 e. The topological polar surface area (TPSA) is 86.3 Å². The molecule has 0 aliphatic heterocycles. The van der Waals surface area contributed by atoms with Crippen LogP contribution in [0, 0.1) is 20.2 Å². The van der Waals surface area contributed by atoms with Crippen molar-refractivity contribution < 1.29 is 9.85 Å². The van der Waals surface area contributed by atoms with Gasteiger partial charge in [0, 0.05) is 0 Å². The molecule has 0 aliphatic rings. The molecule has 1 aromatic rings. The first-order chi connectivity index (χ1) is 6.86. The Kier molecular flexibility index (Phi) is 3.33. The summed E-state index contributed by atoms with van der Waals surface area (Å²) in [6, 6.07) is 0.908. The van der Waals surface area contributed by atoms with Crippen molar-refractivity contribution in [3.63, 3.8) is 0 Å². The Labute approximate surface area is 97.6 Å². The molecule has 0 amide bonds.